The molecule has 14 nitrogen and oxygen atoms in total. The number of hydrogen-bond acceptors (Lipinski definition) is 10. The van der Waals surface area contributed by atoms with Gasteiger partial charge in [0.05, 0.1) is 21.5 Å². The quantitative estimate of drug-likeness (QED) is 0.103. The first-order valence-corrected chi connectivity index (χ1v) is 26.5. The van der Waals surface area contributed by atoms with E-state index in [0.717, 1.165) is 88.1 Å². The molecular weight excluding hydrogens is 1020 g/mol. The molecule has 0 radical (unpaired) electrons. The normalized spacial score (nSPS) is 11.3. The Balaban J connectivity index is 0.000000147. The number of benzene rings is 8. The zero-order chi connectivity index (χ0) is 54.9. The number of rotatable bonds is 10. The number of nitrogens with zero attached hydrogens (tertiary/aromatic N) is 11. The third-order valence-corrected chi connectivity index (χ3v) is 14.4. The zero-order valence-corrected chi connectivity index (χ0v) is 43.6. The minimum Gasteiger partial charge on any atom is -0.354 e. The van der Waals surface area contributed by atoms with E-state index in [1.54, 1.807) is 0 Å². The van der Waals surface area contributed by atoms with Gasteiger partial charge in [-0.2, -0.15) is 19.9 Å². The molecule has 0 saturated carbocycles. The minimum atomic E-state index is -0.384. The number of para-hydroxylation sites is 1. The number of nitro groups is 1. The summed E-state index contributed by atoms with van der Waals surface area (Å²) in [5.41, 5.74) is 12.6. The monoisotopic (exact) mass is 1060 g/mol. The topological polar surface area (TPSA) is 172 Å². The Hall–Kier alpha value is -11.6. The van der Waals surface area contributed by atoms with E-state index in [1.807, 2.05) is 205 Å². The van der Waals surface area contributed by atoms with Crippen molar-refractivity contribution in [2.75, 3.05) is 0 Å². The summed E-state index contributed by atoms with van der Waals surface area (Å²) in [4.78, 5) is 53.6. The summed E-state index contributed by atoms with van der Waals surface area (Å²) in [7, 11) is 0. The van der Waals surface area contributed by atoms with Gasteiger partial charge in [-0.05, 0) is 23.3 Å². The fraction of sp³-hybridized carbons (Fsp3) is 0. The molecule has 0 aliphatic carbocycles. The molecule has 1 N–H and O–H groups in total. The number of pyridine rings is 2. The first-order chi connectivity index (χ1) is 40.5. The van der Waals surface area contributed by atoms with Crippen LogP contribution >= 0.6 is 0 Å². The Kier molecular flexibility index (Phi) is 12.4. The number of fused-ring (bicyclic) bond motifs is 6. The summed E-state index contributed by atoms with van der Waals surface area (Å²) >= 11 is 0. The summed E-state index contributed by atoms with van der Waals surface area (Å²) in [5.74, 6) is 3.25. The lowest BCUT2D eigenvalue weighted by atomic mass is 9.99. The number of aromatic nitrogens is 11. The molecule has 14 heteroatoms. The lowest BCUT2D eigenvalue weighted by molar-refractivity contribution is -0.384. The van der Waals surface area contributed by atoms with Crippen LogP contribution in [0.4, 0.5) is 5.69 Å². The highest BCUT2D eigenvalue weighted by Crippen LogP contribution is 2.42. The molecule has 82 heavy (non-hydrogen) atoms. The van der Waals surface area contributed by atoms with Crippen molar-refractivity contribution in [1.29, 1.82) is 0 Å². The Labute approximate surface area is 468 Å². The number of nitrogens with one attached hydrogen (secondary N) is 1. The van der Waals surface area contributed by atoms with Crippen LogP contribution in [-0.4, -0.2) is 58.9 Å². The predicted octanol–water partition coefficient (Wildman–Crippen LogP) is 15.6. The Morgan fingerprint density at radius 3 is 1.26 bits per heavy atom. The van der Waals surface area contributed by atoms with Crippen LogP contribution in [0, 0.1) is 10.1 Å². The van der Waals surface area contributed by atoms with E-state index in [2.05, 4.69) is 62.1 Å². The molecule has 7 heterocycles. The molecule has 388 valence electrons. The predicted molar refractivity (Wildman–Crippen MR) is 323 cm³/mol. The number of hydrogen-bond donors (Lipinski definition) is 1. The second-order valence-electron chi connectivity index (χ2n) is 19.4. The summed E-state index contributed by atoms with van der Waals surface area (Å²) in [6.07, 6.45) is 10.8. The number of aromatic amines is 1. The van der Waals surface area contributed by atoms with Crippen LogP contribution in [0.3, 0.4) is 0 Å². The smallest absolute Gasteiger partial charge is 0.280 e. The molecule has 8 aromatic carbocycles. The maximum atomic E-state index is 12.1. The van der Waals surface area contributed by atoms with Crippen molar-refractivity contribution in [3.8, 4) is 90.8 Å². The van der Waals surface area contributed by atoms with Gasteiger partial charge in [-0.25, -0.2) is 9.97 Å². The molecule has 0 aliphatic rings. The summed E-state index contributed by atoms with van der Waals surface area (Å²) in [6, 6.07) is 73.6. The van der Waals surface area contributed by atoms with Crippen molar-refractivity contribution in [1.82, 2.24) is 54.0 Å². The average molecular weight is 1060 g/mol. The molecule has 0 spiro atoms. The van der Waals surface area contributed by atoms with Crippen LogP contribution in [0.5, 0.6) is 0 Å². The van der Waals surface area contributed by atoms with Gasteiger partial charge in [0.1, 0.15) is 0 Å². The lowest BCUT2D eigenvalue weighted by Gasteiger charge is -2.12. The van der Waals surface area contributed by atoms with Gasteiger partial charge in [-0.1, -0.05) is 206 Å². The molecule has 15 rings (SSSR count). The molecule has 0 amide bonds. The molecule has 0 saturated heterocycles. The summed E-state index contributed by atoms with van der Waals surface area (Å²) in [6.45, 7) is 0. The van der Waals surface area contributed by atoms with Gasteiger partial charge in [0.2, 0.25) is 11.9 Å². The van der Waals surface area contributed by atoms with Gasteiger partial charge >= 0.3 is 0 Å². The molecule has 0 atom stereocenters. The molecular formula is C68H44N12O2. The van der Waals surface area contributed by atoms with E-state index in [9.17, 15) is 10.1 Å². The number of H-pyrrole nitrogens is 1. The SMILES string of the molecule is O=[N+]([O-])c1ccncc1-c1cccc2c(-c3ccccc3)cn(-c3nc(-c4ccccc4)nc(-c4ccccc4)n3)c12.c1ccc(-c2nc(-c3ccccc3)nc(-n3cc(-c4ccccc4)c4ccc5[nH]c6ccncc6c5c43)n2)cc1. The van der Waals surface area contributed by atoms with E-state index in [0.29, 0.717) is 46.3 Å². The zero-order valence-electron chi connectivity index (χ0n) is 43.6. The van der Waals surface area contributed by atoms with Crippen LogP contribution in [0.25, 0.3) is 134 Å². The van der Waals surface area contributed by atoms with Gasteiger partial charge in [0.25, 0.3) is 5.69 Å². The highest BCUT2D eigenvalue weighted by Gasteiger charge is 2.25. The summed E-state index contributed by atoms with van der Waals surface area (Å²) in [5, 5.41) is 16.2. The molecule has 0 unspecified atom stereocenters. The van der Waals surface area contributed by atoms with Crippen molar-refractivity contribution >= 4 is 49.3 Å². The Morgan fingerprint density at radius 1 is 0.354 bits per heavy atom. The van der Waals surface area contributed by atoms with Gasteiger partial charge < -0.3 is 4.98 Å². The van der Waals surface area contributed by atoms with Crippen LogP contribution in [0.1, 0.15) is 0 Å². The summed E-state index contributed by atoms with van der Waals surface area (Å²) < 4.78 is 4.02. The van der Waals surface area contributed by atoms with E-state index in [4.69, 9.17) is 29.9 Å². The van der Waals surface area contributed by atoms with Crippen molar-refractivity contribution in [2.45, 2.75) is 0 Å². The van der Waals surface area contributed by atoms with Gasteiger partial charge in [-0.15, -0.1) is 0 Å². The van der Waals surface area contributed by atoms with Crippen molar-refractivity contribution in [2.24, 2.45) is 0 Å². The van der Waals surface area contributed by atoms with E-state index in [1.165, 1.54) is 18.5 Å². The first kappa shape index (κ1) is 48.7. The molecule has 0 bridgehead atoms. The molecule has 0 fully saturated rings. The third-order valence-electron chi connectivity index (χ3n) is 14.4. The Morgan fingerprint density at radius 2 is 0.780 bits per heavy atom. The second kappa shape index (κ2) is 21.0. The molecule has 7 aromatic heterocycles. The Bertz CT molecular complexity index is 4710. The van der Waals surface area contributed by atoms with Crippen LogP contribution in [0.15, 0.2) is 262 Å². The third kappa shape index (κ3) is 9.03. The fourth-order valence-corrected chi connectivity index (χ4v) is 10.6. The molecule has 0 aliphatic heterocycles. The highest BCUT2D eigenvalue weighted by atomic mass is 16.6. The van der Waals surface area contributed by atoms with Gasteiger partial charge in [0.15, 0.2) is 23.3 Å². The van der Waals surface area contributed by atoms with Gasteiger partial charge in [-0.3, -0.25) is 29.2 Å². The fourth-order valence-electron chi connectivity index (χ4n) is 10.6. The standard InChI is InChI=1S/C34H22N6O2.C34H22N6/c41-40(42)30-19-20-35-21-28(30)26-17-10-18-27-29(23-11-4-1-5-12-23)22-39(31(26)27)34-37-32(24-13-6-2-7-14-24)36-33(38-34)25-15-8-3-9-16-25;1-4-10-22(11-5-1)27-21-40(31-25(27)16-17-29-30(31)26-20-35-19-18-28(26)36-29)34-38-32(23-12-6-2-7-13-23)37-33(39-34)24-14-8-3-9-15-24/h1-22H;1-21,36H. The molecule has 15 aromatic rings. The average Bonchev–Trinajstić information content (AvgIpc) is 3.64. The maximum absolute atomic E-state index is 12.1. The van der Waals surface area contributed by atoms with E-state index < -0.39 is 0 Å². The maximum Gasteiger partial charge on any atom is 0.280 e. The largest absolute Gasteiger partial charge is 0.354 e. The van der Waals surface area contributed by atoms with E-state index in [-0.39, 0.29) is 10.6 Å². The van der Waals surface area contributed by atoms with E-state index >= 15 is 0 Å². The van der Waals surface area contributed by atoms with Crippen LogP contribution in [0.2, 0.25) is 0 Å². The highest BCUT2D eigenvalue weighted by molar-refractivity contribution is 6.21. The van der Waals surface area contributed by atoms with Gasteiger partial charge in [0, 0.05) is 115 Å². The lowest BCUT2D eigenvalue weighted by Crippen LogP contribution is -2.06. The minimum absolute atomic E-state index is 0.0305. The van der Waals surface area contributed by atoms with Crippen molar-refractivity contribution in [3.63, 3.8) is 0 Å². The van der Waals surface area contributed by atoms with Crippen molar-refractivity contribution in [3.05, 3.63) is 272 Å². The first-order valence-electron chi connectivity index (χ1n) is 26.5. The van der Waals surface area contributed by atoms with Crippen LogP contribution in [-0.2, 0) is 0 Å². The van der Waals surface area contributed by atoms with Crippen molar-refractivity contribution < 1.29 is 4.92 Å². The van der Waals surface area contributed by atoms with Crippen LogP contribution < -0.4 is 0 Å². The second-order valence-corrected chi connectivity index (χ2v) is 19.4.